The predicted octanol–water partition coefficient (Wildman–Crippen LogP) is 2.46. The van der Waals surface area contributed by atoms with Crippen molar-refractivity contribution in [1.82, 2.24) is 10.6 Å². The van der Waals surface area contributed by atoms with Crippen molar-refractivity contribution < 1.29 is 4.79 Å². The van der Waals surface area contributed by atoms with E-state index < -0.39 is 0 Å². The molecule has 3 nitrogen and oxygen atoms in total. The molecule has 2 unspecified atom stereocenters. The highest BCUT2D eigenvalue weighted by atomic mass is 16.2. The van der Waals surface area contributed by atoms with Crippen molar-refractivity contribution in [3.8, 4) is 0 Å². The van der Waals surface area contributed by atoms with Gasteiger partial charge < -0.3 is 10.6 Å². The number of nitrogens with one attached hydrogen (secondary N) is 2. The van der Waals surface area contributed by atoms with Gasteiger partial charge in [0.05, 0.1) is 6.04 Å². The first kappa shape index (κ1) is 13.9. The van der Waals surface area contributed by atoms with Gasteiger partial charge in [0, 0.05) is 6.54 Å². The van der Waals surface area contributed by atoms with Crippen LogP contribution in [0.5, 0.6) is 0 Å². The molecule has 3 heteroatoms. The summed E-state index contributed by atoms with van der Waals surface area (Å²) in [5.41, 5.74) is 0.339. The number of carbonyl (C=O) groups is 1. The molecule has 0 aromatic rings. The molecule has 0 aromatic carbocycles. The summed E-state index contributed by atoms with van der Waals surface area (Å²) in [5, 5.41) is 6.55. The molecule has 0 aromatic heterocycles. The molecular weight excluding hydrogens is 224 g/mol. The minimum absolute atomic E-state index is 0.0333. The zero-order valence-corrected chi connectivity index (χ0v) is 11.9. The number of amides is 1. The molecule has 1 amide bonds. The maximum Gasteiger partial charge on any atom is 0.237 e. The molecule has 2 fully saturated rings. The molecule has 2 rings (SSSR count). The SMILES string of the molecule is CC1CCCNC1C(=O)NCC1(C)CCCCC1. The minimum atomic E-state index is 0.0333. The second kappa shape index (κ2) is 6.05. The van der Waals surface area contributed by atoms with Gasteiger partial charge in [-0.25, -0.2) is 0 Å². The quantitative estimate of drug-likeness (QED) is 0.810. The van der Waals surface area contributed by atoms with Crippen LogP contribution in [0.15, 0.2) is 0 Å². The first-order chi connectivity index (χ1) is 8.61. The summed E-state index contributed by atoms with van der Waals surface area (Å²) >= 11 is 0. The number of piperidine rings is 1. The zero-order chi connectivity index (χ0) is 13.0. The molecule has 1 saturated heterocycles. The summed E-state index contributed by atoms with van der Waals surface area (Å²) in [7, 11) is 0. The highest BCUT2D eigenvalue weighted by Crippen LogP contribution is 2.35. The van der Waals surface area contributed by atoms with E-state index >= 15 is 0 Å². The van der Waals surface area contributed by atoms with Gasteiger partial charge in [0.15, 0.2) is 0 Å². The Morgan fingerprint density at radius 2 is 2.00 bits per heavy atom. The molecule has 0 radical (unpaired) electrons. The van der Waals surface area contributed by atoms with E-state index in [1.165, 1.54) is 44.9 Å². The third-order valence-electron chi connectivity index (χ3n) is 4.80. The molecule has 1 saturated carbocycles. The van der Waals surface area contributed by atoms with Gasteiger partial charge in [-0.3, -0.25) is 4.79 Å². The zero-order valence-electron chi connectivity index (χ0n) is 11.9. The Morgan fingerprint density at radius 1 is 1.28 bits per heavy atom. The lowest BCUT2D eigenvalue weighted by atomic mass is 9.75. The molecule has 1 aliphatic heterocycles. The van der Waals surface area contributed by atoms with E-state index in [1.54, 1.807) is 0 Å². The Labute approximate surface area is 111 Å². The van der Waals surface area contributed by atoms with Crippen molar-refractivity contribution in [2.75, 3.05) is 13.1 Å². The standard InChI is InChI=1S/C15H28N2O/c1-12-7-6-10-16-13(12)14(18)17-11-15(2)8-4-3-5-9-15/h12-13,16H,3-11H2,1-2H3,(H,17,18). The Kier molecular flexibility index (Phi) is 4.66. The second-order valence-corrected chi connectivity index (χ2v) is 6.64. The van der Waals surface area contributed by atoms with Gasteiger partial charge in [0.25, 0.3) is 0 Å². The summed E-state index contributed by atoms with van der Waals surface area (Å²) in [6, 6.07) is 0.0333. The van der Waals surface area contributed by atoms with Crippen LogP contribution in [0.1, 0.15) is 58.8 Å². The van der Waals surface area contributed by atoms with E-state index in [0.29, 0.717) is 11.3 Å². The Balaban J connectivity index is 1.80. The van der Waals surface area contributed by atoms with E-state index in [4.69, 9.17) is 0 Å². The molecule has 2 atom stereocenters. The fourth-order valence-corrected chi connectivity index (χ4v) is 3.39. The van der Waals surface area contributed by atoms with Gasteiger partial charge in [0.2, 0.25) is 5.91 Å². The van der Waals surface area contributed by atoms with E-state index in [-0.39, 0.29) is 11.9 Å². The van der Waals surface area contributed by atoms with Crippen LogP contribution in [0.4, 0.5) is 0 Å². The topological polar surface area (TPSA) is 41.1 Å². The first-order valence-electron chi connectivity index (χ1n) is 7.62. The number of carbonyl (C=O) groups excluding carboxylic acids is 1. The summed E-state index contributed by atoms with van der Waals surface area (Å²) in [4.78, 5) is 12.2. The molecule has 1 aliphatic carbocycles. The van der Waals surface area contributed by atoms with Crippen LogP contribution in [0.2, 0.25) is 0 Å². The number of hydrogen-bond donors (Lipinski definition) is 2. The van der Waals surface area contributed by atoms with Crippen molar-refractivity contribution in [1.29, 1.82) is 0 Å². The third kappa shape index (κ3) is 3.47. The Bertz CT molecular complexity index is 284. The molecule has 104 valence electrons. The van der Waals surface area contributed by atoms with E-state index in [9.17, 15) is 4.79 Å². The summed E-state index contributed by atoms with van der Waals surface area (Å²) in [6.07, 6.45) is 8.91. The fraction of sp³-hybridized carbons (Fsp3) is 0.933. The summed E-state index contributed by atoms with van der Waals surface area (Å²) in [5.74, 6) is 0.687. The van der Waals surface area contributed by atoms with E-state index in [2.05, 4.69) is 24.5 Å². The van der Waals surface area contributed by atoms with E-state index in [1.807, 2.05) is 0 Å². The number of rotatable bonds is 3. The normalized spacial score (nSPS) is 31.9. The summed E-state index contributed by atoms with van der Waals surface area (Å²) in [6.45, 7) is 6.35. The van der Waals surface area contributed by atoms with Crippen molar-refractivity contribution in [3.05, 3.63) is 0 Å². The van der Waals surface area contributed by atoms with Crippen LogP contribution in [0, 0.1) is 11.3 Å². The molecular formula is C15H28N2O. The monoisotopic (exact) mass is 252 g/mol. The lowest BCUT2D eigenvalue weighted by Crippen LogP contribution is -2.52. The van der Waals surface area contributed by atoms with Crippen LogP contribution < -0.4 is 10.6 Å². The van der Waals surface area contributed by atoms with Crippen LogP contribution in [0.25, 0.3) is 0 Å². The van der Waals surface area contributed by atoms with Gasteiger partial charge in [-0.2, -0.15) is 0 Å². The smallest absolute Gasteiger partial charge is 0.237 e. The van der Waals surface area contributed by atoms with Gasteiger partial charge in [-0.05, 0) is 43.6 Å². The lowest BCUT2D eigenvalue weighted by molar-refractivity contribution is -0.125. The molecule has 2 N–H and O–H groups in total. The van der Waals surface area contributed by atoms with Gasteiger partial charge in [0.1, 0.15) is 0 Å². The molecule has 0 spiro atoms. The Morgan fingerprint density at radius 3 is 2.67 bits per heavy atom. The molecule has 2 aliphatic rings. The number of hydrogen-bond acceptors (Lipinski definition) is 2. The Hall–Kier alpha value is -0.570. The average molecular weight is 252 g/mol. The molecule has 18 heavy (non-hydrogen) atoms. The maximum atomic E-state index is 12.2. The van der Waals surface area contributed by atoms with Crippen LogP contribution >= 0.6 is 0 Å². The highest BCUT2D eigenvalue weighted by Gasteiger charge is 2.31. The van der Waals surface area contributed by atoms with Gasteiger partial charge >= 0.3 is 0 Å². The first-order valence-corrected chi connectivity index (χ1v) is 7.62. The van der Waals surface area contributed by atoms with Gasteiger partial charge in [-0.1, -0.05) is 33.1 Å². The average Bonchev–Trinajstić information content (AvgIpc) is 2.38. The van der Waals surface area contributed by atoms with Crippen molar-refractivity contribution in [2.24, 2.45) is 11.3 Å². The lowest BCUT2D eigenvalue weighted by Gasteiger charge is -2.35. The van der Waals surface area contributed by atoms with Crippen LogP contribution in [-0.4, -0.2) is 25.0 Å². The fourth-order valence-electron chi connectivity index (χ4n) is 3.39. The van der Waals surface area contributed by atoms with Crippen molar-refractivity contribution >= 4 is 5.91 Å². The third-order valence-corrected chi connectivity index (χ3v) is 4.80. The van der Waals surface area contributed by atoms with Crippen LogP contribution in [-0.2, 0) is 4.79 Å². The van der Waals surface area contributed by atoms with E-state index in [0.717, 1.165) is 13.1 Å². The molecule has 0 bridgehead atoms. The highest BCUT2D eigenvalue weighted by molar-refractivity contribution is 5.82. The largest absolute Gasteiger partial charge is 0.354 e. The van der Waals surface area contributed by atoms with Crippen LogP contribution in [0.3, 0.4) is 0 Å². The van der Waals surface area contributed by atoms with Crippen molar-refractivity contribution in [2.45, 2.75) is 64.8 Å². The minimum Gasteiger partial charge on any atom is -0.354 e. The summed E-state index contributed by atoms with van der Waals surface area (Å²) < 4.78 is 0. The predicted molar refractivity (Wildman–Crippen MR) is 74.4 cm³/mol. The second-order valence-electron chi connectivity index (χ2n) is 6.64. The van der Waals surface area contributed by atoms with Crippen molar-refractivity contribution in [3.63, 3.8) is 0 Å². The molecule has 1 heterocycles. The maximum absolute atomic E-state index is 12.2. The van der Waals surface area contributed by atoms with Gasteiger partial charge in [-0.15, -0.1) is 0 Å².